The summed E-state index contributed by atoms with van der Waals surface area (Å²) in [5.74, 6) is -0.209. The Morgan fingerprint density at radius 1 is 1.33 bits per heavy atom. The third kappa shape index (κ3) is 3.10. The molecule has 9 heteroatoms. The summed E-state index contributed by atoms with van der Waals surface area (Å²) in [6.45, 7) is 3.72. The molecule has 1 aromatic carbocycles. The Hall–Kier alpha value is -2.84. The van der Waals surface area contributed by atoms with Crippen LogP contribution in [0.15, 0.2) is 24.4 Å². The number of ether oxygens (including phenoxy) is 2. The normalized spacial score (nSPS) is 15.9. The first kappa shape index (κ1) is 16.0. The zero-order valence-electron chi connectivity index (χ0n) is 13.3. The molecule has 0 radical (unpaired) electrons. The predicted molar refractivity (Wildman–Crippen MR) is 81.2 cm³/mol. The quantitative estimate of drug-likeness (QED) is 0.902. The number of aryl methyl sites for hydroxylation is 1. The highest BCUT2D eigenvalue weighted by molar-refractivity contribution is 5.90. The molecule has 0 saturated carbocycles. The molecule has 2 N–H and O–H groups in total. The zero-order valence-corrected chi connectivity index (χ0v) is 13.3. The minimum atomic E-state index is -3.68. The topological polar surface area (TPSA) is 77.4 Å². The highest BCUT2D eigenvalue weighted by Crippen LogP contribution is 2.42. The summed E-state index contributed by atoms with van der Waals surface area (Å²) in [7, 11) is 1.81. The first-order valence-corrected chi connectivity index (χ1v) is 7.21. The molecule has 7 nitrogen and oxygen atoms in total. The number of amides is 2. The fourth-order valence-electron chi connectivity index (χ4n) is 2.41. The maximum absolute atomic E-state index is 13.0. The summed E-state index contributed by atoms with van der Waals surface area (Å²) in [5, 5.41) is 9.45. The molecule has 0 unspecified atom stereocenters. The number of halogens is 2. The number of hydrogen-bond acceptors (Lipinski definition) is 4. The van der Waals surface area contributed by atoms with E-state index in [9.17, 15) is 13.6 Å². The monoisotopic (exact) mass is 338 g/mol. The lowest BCUT2D eigenvalue weighted by atomic mass is 10.1. The zero-order chi connectivity index (χ0) is 17.5. The Bertz CT molecular complexity index is 791. The SMILES string of the molecule is Cc1c([C@@H](C)NC(=O)Nc2ccc3c(c2)OC(F)(F)O3)cnn1C. The van der Waals surface area contributed by atoms with Gasteiger partial charge in [-0.25, -0.2) is 4.79 Å². The van der Waals surface area contributed by atoms with Crippen LogP contribution in [-0.4, -0.2) is 22.1 Å². The van der Waals surface area contributed by atoms with Crippen LogP contribution in [0, 0.1) is 6.92 Å². The van der Waals surface area contributed by atoms with E-state index >= 15 is 0 Å². The second-order valence-corrected chi connectivity index (χ2v) is 5.46. The molecule has 0 bridgehead atoms. The average Bonchev–Trinajstić information content (AvgIpc) is 2.97. The molecule has 0 aliphatic carbocycles. The summed E-state index contributed by atoms with van der Waals surface area (Å²) in [6.07, 6.45) is -2.00. The van der Waals surface area contributed by atoms with Crippen molar-refractivity contribution in [2.45, 2.75) is 26.2 Å². The van der Waals surface area contributed by atoms with E-state index in [1.54, 1.807) is 10.9 Å². The van der Waals surface area contributed by atoms with E-state index in [1.807, 2.05) is 20.9 Å². The van der Waals surface area contributed by atoms with Crippen LogP contribution in [0.1, 0.15) is 24.2 Å². The van der Waals surface area contributed by atoms with Crippen LogP contribution in [-0.2, 0) is 7.05 Å². The molecule has 0 saturated heterocycles. The van der Waals surface area contributed by atoms with Gasteiger partial charge < -0.3 is 20.1 Å². The number of alkyl halides is 2. The Kier molecular flexibility index (Phi) is 3.78. The summed E-state index contributed by atoms with van der Waals surface area (Å²) in [5.41, 5.74) is 2.13. The van der Waals surface area contributed by atoms with E-state index in [4.69, 9.17) is 0 Å². The molecule has 1 aromatic heterocycles. The summed E-state index contributed by atoms with van der Waals surface area (Å²) < 4.78 is 36.3. The smallest absolute Gasteiger partial charge is 0.395 e. The van der Waals surface area contributed by atoms with Gasteiger partial charge in [0.25, 0.3) is 0 Å². The Balaban J connectivity index is 1.65. The summed E-state index contributed by atoms with van der Waals surface area (Å²) in [4.78, 5) is 12.1. The van der Waals surface area contributed by atoms with E-state index in [0.717, 1.165) is 11.3 Å². The lowest BCUT2D eigenvalue weighted by Crippen LogP contribution is -2.31. The second kappa shape index (κ2) is 5.66. The molecular formula is C15H16F2N4O3. The number of urea groups is 1. The predicted octanol–water partition coefficient (Wildman–Crippen LogP) is 2.93. The lowest BCUT2D eigenvalue weighted by Gasteiger charge is -2.14. The highest BCUT2D eigenvalue weighted by Gasteiger charge is 2.43. The first-order valence-electron chi connectivity index (χ1n) is 7.21. The molecule has 1 aliphatic heterocycles. The fourth-order valence-corrected chi connectivity index (χ4v) is 2.41. The van der Waals surface area contributed by atoms with E-state index in [2.05, 4.69) is 25.2 Å². The number of carbonyl (C=O) groups excluding carboxylic acids is 1. The van der Waals surface area contributed by atoms with Crippen molar-refractivity contribution in [1.82, 2.24) is 15.1 Å². The van der Waals surface area contributed by atoms with Crippen molar-refractivity contribution in [2.24, 2.45) is 7.05 Å². The van der Waals surface area contributed by atoms with Gasteiger partial charge in [-0.2, -0.15) is 5.10 Å². The first-order chi connectivity index (χ1) is 11.2. The molecule has 2 amide bonds. The Morgan fingerprint density at radius 3 is 2.71 bits per heavy atom. The third-order valence-corrected chi connectivity index (χ3v) is 3.75. The van der Waals surface area contributed by atoms with Gasteiger partial charge in [0.05, 0.1) is 12.2 Å². The molecule has 1 atom stereocenters. The maximum atomic E-state index is 13.0. The van der Waals surface area contributed by atoms with Gasteiger partial charge in [0.1, 0.15) is 0 Å². The van der Waals surface area contributed by atoms with E-state index in [1.165, 1.54) is 18.2 Å². The number of carbonyl (C=O) groups is 1. The van der Waals surface area contributed by atoms with Crippen LogP contribution in [0.3, 0.4) is 0 Å². The number of benzene rings is 1. The van der Waals surface area contributed by atoms with Gasteiger partial charge in [-0.05, 0) is 26.0 Å². The van der Waals surface area contributed by atoms with E-state index in [0.29, 0.717) is 5.69 Å². The van der Waals surface area contributed by atoms with Crippen molar-refractivity contribution >= 4 is 11.7 Å². The number of anilines is 1. The van der Waals surface area contributed by atoms with Crippen LogP contribution in [0.25, 0.3) is 0 Å². The number of aromatic nitrogens is 2. The minimum Gasteiger partial charge on any atom is -0.395 e. The van der Waals surface area contributed by atoms with Crippen LogP contribution in [0.5, 0.6) is 11.5 Å². The standard InChI is InChI=1S/C15H16F2N4O3/c1-8(11-7-18-21(3)9(11)2)19-14(22)20-10-4-5-12-13(6-10)24-15(16,17)23-12/h4-8H,1-3H3,(H2,19,20,22)/t8-/m1/s1. The molecular weight excluding hydrogens is 322 g/mol. The van der Waals surface area contributed by atoms with Gasteiger partial charge >= 0.3 is 12.3 Å². The second-order valence-electron chi connectivity index (χ2n) is 5.46. The van der Waals surface area contributed by atoms with Crippen molar-refractivity contribution < 1.29 is 23.0 Å². The molecule has 24 heavy (non-hydrogen) atoms. The number of nitrogens with one attached hydrogen (secondary N) is 2. The maximum Gasteiger partial charge on any atom is 0.586 e. The Labute approximate surface area is 136 Å². The van der Waals surface area contributed by atoms with Gasteiger partial charge in [-0.3, -0.25) is 4.68 Å². The number of rotatable bonds is 3. The average molecular weight is 338 g/mol. The largest absolute Gasteiger partial charge is 0.586 e. The highest BCUT2D eigenvalue weighted by atomic mass is 19.3. The van der Waals surface area contributed by atoms with Crippen LogP contribution in [0.2, 0.25) is 0 Å². The number of fused-ring (bicyclic) bond motifs is 1. The Morgan fingerprint density at radius 2 is 2.04 bits per heavy atom. The molecule has 2 heterocycles. The minimum absolute atomic E-state index is 0.0784. The number of hydrogen-bond donors (Lipinski definition) is 2. The van der Waals surface area contributed by atoms with Gasteiger partial charge in [0.2, 0.25) is 0 Å². The summed E-state index contributed by atoms with van der Waals surface area (Å²) in [6, 6.07) is 3.29. The van der Waals surface area contributed by atoms with Gasteiger partial charge in [-0.1, -0.05) is 0 Å². The van der Waals surface area contributed by atoms with Crippen molar-refractivity contribution in [2.75, 3.05) is 5.32 Å². The lowest BCUT2D eigenvalue weighted by molar-refractivity contribution is -0.286. The molecule has 0 spiro atoms. The summed E-state index contributed by atoms with van der Waals surface area (Å²) >= 11 is 0. The molecule has 1 aliphatic rings. The van der Waals surface area contributed by atoms with E-state index in [-0.39, 0.29) is 17.5 Å². The molecule has 3 rings (SSSR count). The van der Waals surface area contributed by atoms with Crippen LogP contribution in [0.4, 0.5) is 19.3 Å². The van der Waals surface area contributed by atoms with Crippen LogP contribution < -0.4 is 20.1 Å². The van der Waals surface area contributed by atoms with Gasteiger partial charge in [0, 0.05) is 30.1 Å². The fraction of sp³-hybridized carbons (Fsp3) is 0.333. The van der Waals surface area contributed by atoms with E-state index < -0.39 is 12.3 Å². The van der Waals surface area contributed by atoms with Crippen molar-refractivity contribution in [1.29, 1.82) is 0 Å². The van der Waals surface area contributed by atoms with Gasteiger partial charge in [-0.15, -0.1) is 8.78 Å². The molecule has 0 fully saturated rings. The molecule has 128 valence electrons. The van der Waals surface area contributed by atoms with Gasteiger partial charge in [0.15, 0.2) is 11.5 Å². The van der Waals surface area contributed by atoms with Crippen molar-refractivity contribution in [3.63, 3.8) is 0 Å². The number of nitrogens with zero attached hydrogens (tertiary/aromatic N) is 2. The van der Waals surface area contributed by atoms with Crippen molar-refractivity contribution in [3.8, 4) is 11.5 Å². The van der Waals surface area contributed by atoms with Crippen LogP contribution >= 0.6 is 0 Å². The van der Waals surface area contributed by atoms with Crippen molar-refractivity contribution in [3.05, 3.63) is 35.7 Å². The third-order valence-electron chi connectivity index (χ3n) is 3.75. The molecule has 2 aromatic rings.